The molecule has 1 saturated heterocycles. The van der Waals surface area contributed by atoms with Gasteiger partial charge in [0.1, 0.15) is 17.3 Å². The van der Waals surface area contributed by atoms with Crippen LogP contribution in [0, 0.1) is 25.2 Å². The number of amides is 2. The van der Waals surface area contributed by atoms with Gasteiger partial charge in [-0.15, -0.1) is 0 Å². The predicted molar refractivity (Wildman–Crippen MR) is 115 cm³/mol. The first kappa shape index (κ1) is 19.9. The number of fused-ring (bicyclic) bond motifs is 1. The first-order valence-corrected chi connectivity index (χ1v) is 9.99. The Morgan fingerprint density at radius 2 is 1.90 bits per heavy atom. The number of allylic oxidation sites excluding steroid dienone is 4. The normalized spacial score (nSPS) is 19.8. The van der Waals surface area contributed by atoms with Crippen LogP contribution < -0.4 is 10.2 Å². The summed E-state index contributed by atoms with van der Waals surface area (Å²) in [6, 6.07) is 3.63. The van der Waals surface area contributed by atoms with E-state index in [-0.39, 0.29) is 17.7 Å². The summed E-state index contributed by atoms with van der Waals surface area (Å²) in [6.45, 7) is 7.61. The number of aromatic nitrogens is 3. The van der Waals surface area contributed by atoms with Crippen LogP contribution in [0.5, 0.6) is 0 Å². The van der Waals surface area contributed by atoms with Crippen molar-refractivity contribution in [2.75, 3.05) is 11.9 Å². The Hall–Kier alpha value is -3.35. The molecule has 2 aromatic rings. The van der Waals surface area contributed by atoms with Gasteiger partial charge in [-0.05, 0) is 43.5 Å². The highest BCUT2D eigenvalue weighted by molar-refractivity contribution is 6.05. The third-order valence-corrected chi connectivity index (χ3v) is 5.99. The lowest BCUT2D eigenvalue weighted by atomic mass is 9.75. The smallest absolute Gasteiger partial charge is 0.269 e. The van der Waals surface area contributed by atoms with Crippen molar-refractivity contribution < 1.29 is 9.59 Å². The first-order valence-electron chi connectivity index (χ1n) is 9.99. The number of aryl methyl sites for hydroxylation is 2. The van der Waals surface area contributed by atoms with E-state index < -0.39 is 5.41 Å². The van der Waals surface area contributed by atoms with E-state index in [0.717, 1.165) is 28.8 Å². The molecule has 1 atom stereocenters. The predicted octanol–water partition coefficient (Wildman–Crippen LogP) is 3.21. The van der Waals surface area contributed by atoms with Crippen molar-refractivity contribution in [2.45, 2.75) is 34.1 Å². The largest absolute Gasteiger partial charge is 0.354 e. The molecule has 1 unspecified atom stereocenters. The maximum Gasteiger partial charge on any atom is 0.269 e. The van der Waals surface area contributed by atoms with Crippen molar-refractivity contribution in [3.8, 4) is 0 Å². The van der Waals surface area contributed by atoms with Crippen molar-refractivity contribution in [3.63, 3.8) is 0 Å². The molecule has 0 radical (unpaired) electrons. The van der Waals surface area contributed by atoms with Crippen LogP contribution in [-0.2, 0) is 4.79 Å². The second-order valence-electron chi connectivity index (χ2n) is 8.31. The van der Waals surface area contributed by atoms with Gasteiger partial charge in [0.25, 0.3) is 5.91 Å². The van der Waals surface area contributed by atoms with Gasteiger partial charge < -0.3 is 5.32 Å². The van der Waals surface area contributed by atoms with Crippen LogP contribution in [0.3, 0.4) is 0 Å². The number of carbonyl (C=O) groups excluding carboxylic acids is 2. The molecule has 7 heteroatoms. The van der Waals surface area contributed by atoms with Crippen LogP contribution in [0.25, 0.3) is 5.57 Å². The van der Waals surface area contributed by atoms with Gasteiger partial charge in [-0.1, -0.05) is 26.0 Å². The molecule has 2 aromatic heterocycles. The van der Waals surface area contributed by atoms with Gasteiger partial charge in [-0.25, -0.2) is 15.0 Å². The van der Waals surface area contributed by atoms with E-state index in [1.807, 2.05) is 39.8 Å². The average Bonchev–Trinajstić information content (AvgIpc) is 2.94. The molecule has 0 aromatic carbocycles. The highest BCUT2D eigenvalue weighted by Gasteiger charge is 2.51. The lowest BCUT2D eigenvalue weighted by molar-refractivity contribution is -0.125. The van der Waals surface area contributed by atoms with E-state index >= 15 is 0 Å². The molecule has 1 fully saturated rings. The minimum atomic E-state index is -0.572. The van der Waals surface area contributed by atoms with Crippen molar-refractivity contribution in [3.05, 3.63) is 65.0 Å². The van der Waals surface area contributed by atoms with Crippen LogP contribution >= 0.6 is 0 Å². The van der Waals surface area contributed by atoms with Gasteiger partial charge in [0.15, 0.2) is 0 Å². The fourth-order valence-corrected chi connectivity index (χ4v) is 4.09. The van der Waals surface area contributed by atoms with Gasteiger partial charge >= 0.3 is 0 Å². The standard InChI is InChI=1S/C23H25N5O2/c1-13-6-9-19(27-20(13)21(29)24-5)28-18-10-15(16-11-25-14(2)26-12-16)7-8-17(18)23(3,4)22(28)30/h6-7,9-12,17H,8H2,1-5H3,(H,24,29). The molecule has 30 heavy (non-hydrogen) atoms. The minimum absolute atomic E-state index is 0.0206. The van der Waals surface area contributed by atoms with Crippen molar-refractivity contribution >= 4 is 23.2 Å². The number of carbonyl (C=O) groups is 2. The molecule has 0 bridgehead atoms. The van der Waals surface area contributed by atoms with Crippen LogP contribution in [0.2, 0.25) is 0 Å². The molecule has 1 N–H and O–H groups in total. The van der Waals surface area contributed by atoms with E-state index in [4.69, 9.17) is 0 Å². The fraction of sp³-hybridized carbons (Fsp3) is 0.348. The zero-order chi connectivity index (χ0) is 21.6. The molecule has 0 spiro atoms. The second kappa shape index (κ2) is 7.16. The van der Waals surface area contributed by atoms with Crippen molar-refractivity contribution in [1.82, 2.24) is 20.3 Å². The molecule has 154 valence electrons. The molecule has 7 nitrogen and oxygen atoms in total. The van der Waals surface area contributed by atoms with Gasteiger partial charge in [-0.3, -0.25) is 14.5 Å². The quantitative estimate of drug-likeness (QED) is 0.850. The first-order chi connectivity index (χ1) is 14.2. The van der Waals surface area contributed by atoms with Crippen molar-refractivity contribution in [2.24, 2.45) is 11.3 Å². The maximum atomic E-state index is 13.4. The topological polar surface area (TPSA) is 88.1 Å². The third kappa shape index (κ3) is 3.10. The number of hydrogen-bond donors (Lipinski definition) is 1. The summed E-state index contributed by atoms with van der Waals surface area (Å²) in [4.78, 5) is 40.5. The average molecular weight is 403 g/mol. The summed E-state index contributed by atoms with van der Waals surface area (Å²) >= 11 is 0. The Kier molecular flexibility index (Phi) is 4.76. The molecule has 3 heterocycles. The number of rotatable bonds is 3. The number of anilines is 1. The molecule has 0 saturated carbocycles. The van der Waals surface area contributed by atoms with Gasteiger partial charge in [0.05, 0.1) is 5.41 Å². The molecule has 1 aliphatic heterocycles. The SMILES string of the molecule is CNC(=O)c1nc(N2C(=O)C(C)(C)C3CC=C(c4cnc(C)nc4)C=C32)ccc1C. The van der Waals surface area contributed by atoms with Crippen LogP contribution in [-0.4, -0.2) is 33.8 Å². The summed E-state index contributed by atoms with van der Waals surface area (Å²) in [5.41, 5.74) is 3.29. The third-order valence-electron chi connectivity index (χ3n) is 5.99. The fourth-order valence-electron chi connectivity index (χ4n) is 4.09. The summed E-state index contributed by atoms with van der Waals surface area (Å²) in [5, 5.41) is 2.61. The summed E-state index contributed by atoms with van der Waals surface area (Å²) < 4.78 is 0. The second-order valence-corrected chi connectivity index (χ2v) is 8.31. The van der Waals surface area contributed by atoms with E-state index in [0.29, 0.717) is 17.3 Å². The molecular weight excluding hydrogens is 378 g/mol. The lowest BCUT2D eigenvalue weighted by Gasteiger charge is -2.26. The Morgan fingerprint density at radius 3 is 2.57 bits per heavy atom. The lowest BCUT2D eigenvalue weighted by Crippen LogP contribution is -2.32. The highest BCUT2D eigenvalue weighted by Crippen LogP contribution is 2.50. The number of nitrogens with zero attached hydrogens (tertiary/aromatic N) is 4. The Morgan fingerprint density at radius 1 is 1.20 bits per heavy atom. The molecule has 2 aliphatic rings. The van der Waals surface area contributed by atoms with Gasteiger partial charge in [0, 0.05) is 36.6 Å². The van der Waals surface area contributed by atoms with Crippen LogP contribution in [0.1, 0.15) is 47.7 Å². The maximum absolute atomic E-state index is 13.4. The van der Waals surface area contributed by atoms with Gasteiger partial charge in [-0.2, -0.15) is 0 Å². The molecule has 4 rings (SSSR count). The highest BCUT2D eigenvalue weighted by atomic mass is 16.2. The van der Waals surface area contributed by atoms with E-state index in [1.54, 1.807) is 30.4 Å². The zero-order valence-corrected chi connectivity index (χ0v) is 17.9. The van der Waals surface area contributed by atoms with E-state index in [9.17, 15) is 9.59 Å². The Bertz CT molecular complexity index is 1100. The van der Waals surface area contributed by atoms with Crippen LogP contribution in [0.15, 0.2) is 42.4 Å². The monoisotopic (exact) mass is 403 g/mol. The molecular formula is C23H25N5O2. The molecule has 1 aliphatic carbocycles. The Labute approximate surface area is 175 Å². The number of pyridine rings is 1. The van der Waals surface area contributed by atoms with E-state index in [2.05, 4.69) is 26.3 Å². The minimum Gasteiger partial charge on any atom is -0.354 e. The Balaban J connectivity index is 1.81. The van der Waals surface area contributed by atoms with Gasteiger partial charge in [0.2, 0.25) is 5.91 Å². The number of hydrogen-bond acceptors (Lipinski definition) is 5. The van der Waals surface area contributed by atoms with Crippen molar-refractivity contribution in [1.29, 1.82) is 0 Å². The number of nitrogens with one attached hydrogen (secondary N) is 1. The molecule has 2 amide bonds. The van der Waals surface area contributed by atoms with E-state index in [1.165, 1.54) is 0 Å². The zero-order valence-electron chi connectivity index (χ0n) is 17.9. The summed E-state index contributed by atoms with van der Waals surface area (Å²) in [5.74, 6) is 0.920. The summed E-state index contributed by atoms with van der Waals surface area (Å²) in [6.07, 6.45) is 8.49. The van der Waals surface area contributed by atoms with Crippen LogP contribution in [0.4, 0.5) is 5.82 Å². The summed E-state index contributed by atoms with van der Waals surface area (Å²) in [7, 11) is 1.57.